The number of amides is 1. The Hall–Kier alpha value is -2.38. The second kappa shape index (κ2) is 5.92. The number of aromatic nitrogens is 2. The lowest BCUT2D eigenvalue weighted by Gasteiger charge is -2.35. The minimum absolute atomic E-state index is 0.230. The first-order valence-electron chi connectivity index (χ1n) is 7.71. The van der Waals surface area contributed by atoms with Crippen molar-refractivity contribution in [3.8, 4) is 0 Å². The van der Waals surface area contributed by atoms with Crippen molar-refractivity contribution in [2.45, 2.75) is 18.5 Å². The van der Waals surface area contributed by atoms with Gasteiger partial charge in [0, 0.05) is 42.2 Å². The Morgan fingerprint density at radius 1 is 1.12 bits per heavy atom. The van der Waals surface area contributed by atoms with Gasteiger partial charge in [-0.05, 0) is 30.7 Å². The average Bonchev–Trinajstić information content (AvgIpc) is 3.22. The van der Waals surface area contributed by atoms with Crippen molar-refractivity contribution in [3.63, 3.8) is 0 Å². The Balaban J connectivity index is 1.48. The molecule has 2 aliphatic rings. The molecule has 2 N–H and O–H groups in total. The van der Waals surface area contributed by atoms with E-state index in [0.717, 1.165) is 24.5 Å². The van der Waals surface area contributed by atoms with E-state index in [1.165, 1.54) is 18.1 Å². The molecule has 0 unspecified atom stereocenters. The molecule has 2 aliphatic heterocycles. The van der Waals surface area contributed by atoms with E-state index in [1.54, 1.807) is 5.48 Å². The fraction of sp³-hybridized carbons (Fsp3) is 0.312. The molecule has 8 heteroatoms. The maximum absolute atomic E-state index is 11.3. The first-order chi connectivity index (χ1) is 11.7. The van der Waals surface area contributed by atoms with Gasteiger partial charge in [0.15, 0.2) is 0 Å². The summed E-state index contributed by atoms with van der Waals surface area (Å²) in [6, 6.07) is 8.69. The molecule has 2 atom stereocenters. The van der Waals surface area contributed by atoms with Crippen molar-refractivity contribution in [3.05, 3.63) is 47.2 Å². The van der Waals surface area contributed by atoms with Gasteiger partial charge in [0.05, 0.1) is 11.6 Å². The van der Waals surface area contributed by atoms with Crippen LogP contribution in [-0.4, -0.2) is 46.3 Å². The van der Waals surface area contributed by atoms with Crippen LogP contribution in [0.5, 0.6) is 0 Å². The normalized spacial score (nSPS) is 22.1. The molecule has 24 heavy (non-hydrogen) atoms. The number of piperazine rings is 1. The third kappa shape index (κ3) is 2.55. The Morgan fingerprint density at radius 3 is 2.33 bits per heavy atom. The van der Waals surface area contributed by atoms with Crippen LogP contribution >= 0.6 is 11.6 Å². The van der Waals surface area contributed by atoms with Crippen LogP contribution in [0.15, 0.2) is 36.7 Å². The fourth-order valence-electron chi connectivity index (χ4n) is 3.51. The van der Waals surface area contributed by atoms with Gasteiger partial charge in [-0.2, -0.15) is 0 Å². The van der Waals surface area contributed by atoms with Crippen LogP contribution in [0.2, 0.25) is 5.02 Å². The van der Waals surface area contributed by atoms with Crippen molar-refractivity contribution < 1.29 is 10.0 Å². The van der Waals surface area contributed by atoms with E-state index in [-0.39, 0.29) is 5.56 Å². The van der Waals surface area contributed by atoms with Crippen LogP contribution in [0.4, 0.5) is 11.6 Å². The van der Waals surface area contributed by atoms with Gasteiger partial charge >= 0.3 is 0 Å². The van der Waals surface area contributed by atoms with Gasteiger partial charge < -0.3 is 9.80 Å². The van der Waals surface area contributed by atoms with Crippen LogP contribution in [0.3, 0.4) is 0 Å². The molecule has 0 aliphatic carbocycles. The number of nitrogens with zero attached hydrogens (tertiary/aromatic N) is 4. The summed E-state index contributed by atoms with van der Waals surface area (Å²) in [5, 5.41) is 9.37. The van der Waals surface area contributed by atoms with Gasteiger partial charge in [-0.25, -0.2) is 15.4 Å². The second-order valence-electron chi connectivity index (χ2n) is 6.04. The van der Waals surface area contributed by atoms with Crippen LogP contribution in [0.25, 0.3) is 0 Å². The number of hydrogen-bond donors (Lipinski definition) is 2. The van der Waals surface area contributed by atoms with Crippen molar-refractivity contribution in [2.75, 3.05) is 22.9 Å². The van der Waals surface area contributed by atoms with Crippen LogP contribution < -0.4 is 15.3 Å². The Bertz CT molecular complexity index is 752. The highest BCUT2D eigenvalue weighted by Crippen LogP contribution is 2.36. The van der Waals surface area contributed by atoms with E-state index < -0.39 is 5.91 Å². The summed E-state index contributed by atoms with van der Waals surface area (Å²) in [4.78, 5) is 24.4. The van der Waals surface area contributed by atoms with Gasteiger partial charge in [0.1, 0.15) is 0 Å². The van der Waals surface area contributed by atoms with Gasteiger partial charge in [-0.15, -0.1) is 0 Å². The molecule has 2 aromatic rings. The Morgan fingerprint density at radius 2 is 1.75 bits per heavy atom. The Kier molecular flexibility index (Phi) is 3.74. The zero-order chi connectivity index (χ0) is 16.7. The van der Waals surface area contributed by atoms with Gasteiger partial charge in [-0.1, -0.05) is 11.6 Å². The van der Waals surface area contributed by atoms with E-state index in [1.807, 2.05) is 24.3 Å². The fourth-order valence-corrected chi connectivity index (χ4v) is 3.64. The number of carbonyl (C=O) groups excluding carboxylic acids is 1. The van der Waals surface area contributed by atoms with Crippen molar-refractivity contribution in [1.29, 1.82) is 0 Å². The van der Waals surface area contributed by atoms with Crippen molar-refractivity contribution in [1.82, 2.24) is 15.4 Å². The molecule has 2 saturated heterocycles. The summed E-state index contributed by atoms with van der Waals surface area (Å²) >= 11 is 5.96. The summed E-state index contributed by atoms with van der Waals surface area (Å²) in [7, 11) is 0. The number of benzene rings is 1. The molecule has 2 fully saturated rings. The zero-order valence-electron chi connectivity index (χ0n) is 12.8. The largest absolute Gasteiger partial charge is 0.365 e. The molecule has 0 saturated carbocycles. The quantitative estimate of drug-likeness (QED) is 0.651. The first-order valence-corrected chi connectivity index (χ1v) is 8.09. The molecule has 1 aromatic carbocycles. The topological polar surface area (TPSA) is 81.6 Å². The predicted octanol–water partition coefficient (Wildman–Crippen LogP) is 1.72. The molecule has 124 valence electrons. The molecule has 3 heterocycles. The molecule has 7 nitrogen and oxygen atoms in total. The number of carbonyl (C=O) groups is 1. The molecule has 0 radical (unpaired) electrons. The number of fused-ring (bicyclic) bond motifs is 2. The monoisotopic (exact) mass is 345 g/mol. The van der Waals surface area contributed by atoms with E-state index in [2.05, 4.69) is 19.8 Å². The van der Waals surface area contributed by atoms with Gasteiger partial charge in [0.25, 0.3) is 5.91 Å². The van der Waals surface area contributed by atoms with Crippen molar-refractivity contribution in [2.24, 2.45) is 0 Å². The predicted molar refractivity (Wildman–Crippen MR) is 89.6 cm³/mol. The molecule has 1 amide bonds. The molecular weight excluding hydrogens is 330 g/mol. The van der Waals surface area contributed by atoms with E-state index in [0.29, 0.717) is 18.0 Å². The van der Waals surface area contributed by atoms with Crippen LogP contribution in [-0.2, 0) is 0 Å². The summed E-state index contributed by atoms with van der Waals surface area (Å²) in [5.41, 5.74) is 2.99. The maximum atomic E-state index is 11.3. The summed E-state index contributed by atoms with van der Waals surface area (Å²) < 4.78 is 0. The number of nitrogens with one attached hydrogen (secondary N) is 1. The minimum Gasteiger partial charge on any atom is -0.365 e. The van der Waals surface area contributed by atoms with Gasteiger partial charge in [0.2, 0.25) is 5.95 Å². The number of hydroxylamine groups is 1. The number of rotatable bonds is 3. The van der Waals surface area contributed by atoms with E-state index >= 15 is 0 Å². The molecule has 0 spiro atoms. The molecule has 1 aromatic heterocycles. The highest BCUT2D eigenvalue weighted by Gasteiger charge is 2.44. The lowest BCUT2D eigenvalue weighted by Crippen LogP contribution is -2.47. The van der Waals surface area contributed by atoms with Crippen LogP contribution in [0, 0.1) is 0 Å². The minimum atomic E-state index is -0.613. The lowest BCUT2D eigenvalue weighted by molar-refractivity contribution is 0.0705. The van der Waals surface area contributed by atoms with E-state index in [4.69, 9.17) is 16.8 Å². The first kappa shape index (κ1) is 15.2. The third-order valence-corrected chi connectivity index (χ3v) is 4.91. The van der Waals surface area contributed by atoms with Gasteiger partial charge in [-0.3, -0.25) is 10.0 Å². The molecule has 4 rings (SSSR count). The smallest absolute Gasteiger partial charge is 0.277 e. The standard InChI is InChI=1S/C16H16ClN5O2/c17-11-1-3-12(4-2-11)21-8-14-5-13(21)9-22(14)16-18-6-10(7-19-16)15(23)20-24/h1-4,6-7,13-14,24H,5,8-9H2,(H,20,23)/t13-,14+/m0/s1. The highest BCUT2D eigenvalue weighted by atomic mass is 35.5. The van der Waals surface area contributed by atoms with Crippen LogP contribution in [0.1, 0.15) is 16.8 Å². The summed E-state index contributed by atoms with van der Waals surface area (Å²) in [5.74, 6) is 0.00570. The molecule has 2 bridgehead atoms. The number of halogens is 1. The summed E-state index contributed by atoms with van der Waals surface area (Å²) in [6.45, 7) is 1.76. The van der Waals surface area contributed by atoms with Crippen molar-refractivity contribution >= 4 is 29.1 Å². The SMILES string of the molecule is O=C(NO)c1cnc(N2C[C@@H]3C[C@@H]2CN3c2ccc(Cl)cc2)nc1. The third-order valence-electron chi connectivity index (χ3n) is 4.66. The maximum Gasteiger partial charge on any atom is 0.277 e. The number of hydrogen-bond acceptors (Lipinski definition) is 6. The number of anilines is 2. The summed E-state index contributed by atoms with van der Waals surface area (Å²) in [6.07, 6.45) is 3.92. The average molecular weight is 346 g/mol. The van der Waals surface area contributed by atoms with E-state index in [9.17, 15) is 4.79 Å². The zero-order valence-corrected chi connectivity index (χ0v) is 13.5. The second-order valence-corrected chi connectivity index (χ2v) is 6.47. The Labute approximate surface area is 143 Å². The highest BCUT2D eigenvalue weighted by molar-refractivity contribution is 6.30. The lowest BCUT2D eigenvalue weighted by atomic mass is 10.2. The molecular formula is C16H16ClN5O2.